The quantitative estimate of drug-likeness (QED) is 0.726. The molecule has 78 valence electrons. The maximum atomic E-state index is 11.2. The number of halogens is 2. The molecule has 1 nitrogen and oxygen atoms in total. The Hall–Kier alpha value is -1.05. The minimum atomic E-state index is -0.0962. The van der Waals surface area contributed by atoms with Crippen molar-refractivity contribution in [3.63, 3.8) is 0 Å². The lowest BCUT2D eigenvalue weighted by Gasteiger charge is -1.97. The second-order valence-corrected chi connectivity index (χ2v) is 3.97. The van der Waals surface area contributed by atoms with Gasteiger partial charge in [-0.25, -0.2) is 0 Å². The zero-order valence-electron chi connectivity index (χ0n) is 8.26. The van der Waals surface area contributed by atoms with Crippen molar-refractivity contribution >= 4 is 35.1 Å². The van der Waals surface area contributed by atoms with Gasteiger partial charge in [-0.1, -0.05) is 41.9 Å². The molecule has 0 aliphatic carbocycles. The summed E-state index contributed by atoms with van der Waals surface area (Å²) in [6.07, 6.45) is 3.14. The van der Waals surface area contributed by atoms with Crippen LogP contribution in [0.3, 0.4) is 0 Å². The topological polar surface area (TPSA) is 17.1 Å². The lowest BCUT2D eigenvalue weighted by atomic mass is 10.1. The lowest BCUT2D eigenvalue weighted by Crippen LogP contribution is -1.91. The summed E-state index contributed by atoms with van der Waals surface area (Å²) < 4.78 is 0. The van der Waals surface area contributed by atoms with E-state index < -0.39 is 0 Å². The number of rotatable bonds is 3. The largest absolute Gasteiger partial charge is 0.290 e. The van der Waals surface area contributed by atoms with Gasteiger partial charge in [0.1, 0.15) is 0 Å². The maximum Gasteiger partial charge on any atom is 0.180 e. The van der Waals surface area contributed by atoms with E-state index in [1.54, 1.807) is 31.2 Å². The van der Waals surface area contributed by atoms with Crippen molar-refractivity contribution in [2.75, 3.05) is 0 Å². The highest BCUT2D eigenvalue weighted by Crippen LogP contribution is 2.23. The predicted molar refractivity (Wildman–Crippen MR) is 65.3 cm³/mol. The summed E-state index contributed by atoms with van der Waals surface area (Å²) in [5.74, 6) is -0.0962. The van der Waals surface area contributed by atoms with E-state index in [0.29, 0.717) is 15.6 Å². The first-order valence-corrected chi connectivity index (χ1v) is 5.09. The summed E-state index contributed by atoms with van der Waals surface area (Å²) in [7, 11) is 0. The summed E-state index contributed by atoms with van der Waals surface area (Å²) in [4.78, 5) is 11.2. The highest BCUT2D eigenvalue weighted by molar-refractivity contribution is 6.42. The number of carbonyl (C=O) groups excluding carboxylic acids is 1. The Kier molecular flexibility index (Phi) is 4.13. The summed E-state index contributed by atoms with van der Waals surface area (Å²) in [6, 6.07) is 5.18. The third-order valence-electron chi connectivity index (χ3n) is 1.79. The van der Waals surface area contributed by atoms with E-state index in [-0.39, 0.29) is 5.78 Å². The van der Waals surface area contributed by atoms with Gasteiger partial charge < -0.3 is 0 Å². The van der Waals surface area contributed by atoms with Crippen LogP contribution in [0.5, 0.6) is 0 Å². The first-order chi connectivity index (χ1) is 7.00. The SMILES string of the molecule is C=C(C)C(=O)/C=C/c1ccc(Cl)c(Cl)c1. The fraction of sp³-hybridized carbons (Fsp3) is 0.0833. The van der Waals surface area contributed by atoms with Crippen LogP contribution >= 0.6 is 23.2 Å². The minimum Gasteiger partial charge on any atom is -0.290 e. The third kappa shape index (κ3) is 3.54. The van der Waals surface area contributed by atoms with Gasteiger partial charge in [0, 0.05) is 0 Å². The molecule has 0 atom stereocenters. The monoisotopic (exact) mass is 240 g/mol. The molecule has 0 saturated heterocycles. The molecule has 15 heavy (non-hydrogen) atoms. The lowest BCUT2D eigenvalue weighted by molar-refractivity contribution is -0.111. The fourth-order valence-corrected chi connectivity index (χ4v) is 1.24. The number of ketones is 1. The fourth-order valence-electron chi connectivity index (χ4n) is 0.930. The van der Waals surface area contributed by atoms with Crippen LogP contribution in [0.15, 0.2) is 36.4 Å². The van der Waals surface area contributed by atoms with Crippen molar-refractivity contribution in [2.45, 2.75) is 6.92 Å². The summed E-state index contributed by atoms with van der Waals surface area (Å²) >= 11 is 11.6. The Labute approximate surface area is 99.0 Å². The summed E-state index contributed by atoms with van der Waals surface area (Å²) in [5, 5.41) is 0.974. The van der Waals surface area contributed by atoms with Crippen molar-refractivity contribution in [1.29, 1.82) is 0 Å². The van der Waals surface area contributed by atoms with E-state index in [1.807, 2.05) is 0 Å². The van der Waals surface area contributed by atoms with Crippen molar-refractivity contribution in [3.05, 3.63) is 52.0 Å². The van der Waals surface area contributed by atoms with Gasteiger partial charge in [-0.2, -0.15) is 0 Å². The molecule has 0 unspecified atom stereocenters. The van der Waals surface area contributed by atoms with Gasteiger partial charge in [0.25, 0.3) is 0 Å². The summed E-state index contributed by atoms with van der Waals surface area (Å²) in [6.45, 7) is 5.22. The normalized spacial score (nSPS) is 10.6. The van der Waals surface area contributed by atoms with E-state index in [0.717, 1.165) is 5.56 Å². The molecule has 3 heteroatoms. The van der Waals surface area contributed by atoms with Crippen molar-refractivity contribution in [1.82, 2.24) is 0 Å². The first kappa shape index (κ1) is 12.0. The molecule has 0 N–H and O–H groups in total. The Morgan fingerprint density at radius 2 is 2.00 bits per heavy atom. The van der Waals surface area contributed by atoms with Crippen LogP contribution in [0.4, 0.5) is 0 Å². The molecule has 0 saturated carbocycles. The summed E-state index contributed by atoms with van der Waals surface area (Å²) in [5.41, 5.74) is 1.34. The van der Waals surface area contributed by atoms with E-state index in [4.69, 9.17) is 23.2 Å². The minimum absolute atomic E-state index is 0.0962. The molecule has 1 aromatic carbocycles. The van der Waals surface area contributed by atoms with Gasteiger partial charge in [-0.05, 0) is 36.3 Å². The Bertz CT molecular complexity index is 433. The molecule has 1 aromatic rings. The molecule has 0 aliphatic heterocycles. The zero-order valence-corrected chi connectivity index (χ0v) is 9.77. The second kappa shape index (κ2) is 5.15. The molecule has 0 bridgehead atoms. The van der Waals surface area contributed by atoms with Crippen LogP contribution in [0.1, 0.15) is 12.5 Å². The molecular weight excluding hydrogens is 231 g/mol. The molecular formula is C12H10Cl2O. The average Bonchev–Trinajstić information content (AvgIpc) is 2.19. The van der Waals surface area contributed by atoms with Gasteiger partial charge in [-0.3, -0.25) is 4.79 Å². The highest BCUT2D eigenvalue weighted by atomic mass is 35.5. The van der Waals surface area contributed by atoms with Crippen LogP contribution < -0.4 is 0 Å². The standard InChI is InChI=1S/C12H10Cl2O/c1-8(2)12(15)6-4-9-3-5-10(13)11(14)7-9/h3-7H,1H2,2H3/b6-4+. The Morgan fingerprint density at radius 1 is 1.33 bits per heavy atom. The number of hydrogen-bond acceptors (Lipinski definition) is 1. The molecule has 0 fully saturated rings. The number of allylic oxidation sites excluding steroid dienone is 2. The van der Waals surface area contributed by atoms with Gasteiger partial charge in [-0.15, -0.1) is 0 Å². The molecule has 0 aliphatic rings. The van der Waals surface area contributed by atoms with Crippen LogP contribution in [0.2, 0.25) is 10.0 Å². The smallest absolute Gasteiger partial charge is 0.180 e. The second-order valence-electron chi connectivity index (χ2n) is 3.15. The van der Waals surface area contributed by atoms with Gasteiger partial charge >= 0.3 is 0 Å². The first-order valence-electron chi connectivity index (χ1n) is 4.33. The number of carbonyl (C=O) groups is 1. The highest BCUT2D eigenvalue weighted by Gasteiger charge is 1.98. The van der Waals surface area contributed by atoms with E-state index in [1.165, 1.54) is 6.08 Å². The van der Waals surface area contributed by atoms with Crippen molar-refractivity contribution < 1.29 is 4.79 Å². The molecule has 0 radical (unpaired) electrons. The Balaban J connectivity index is 2.86. The van der Waals surface area contributed by atoms with Crippen LogP contribution in [-0.4, -0.2) is 5.78 Å². The maximum absolute atomic E-state index is 11.2. The third-order valence-corrected chi connectivity index (χ3v) is 2.53. The van der Waals surface area contributed by atoms with Crippen LogP contribution in [0, 0.1) is 0 Å². The molecule has 1 rings (SSSR count). The van der Waals surface area contributed by atoms with Crippen molar-refractivity contribution in [3.8, 4) is 0 Å². The van der Waals surface area contributed by atoms with Crippen LogP contribution in [0.25, 0.3) is 6.08 Å². The van der Waals surface area contributed by atoms with E-state index in [9.17, 15) is 4.79 Å². The molecule has 0 spiro atoms. The van der Waals surface area contributed by atoms with E-state index in [2.05, 4.69) is 6.58 Å². The predicted octanol–water partition coefficient (Wildman–Crippen LogP) is 4.15. The molecule has 0 heterocycles. The van der Waals surface area contributed by atoms with Gasteiger partial charge in [0.2, 0.25) is 0 Å². The van der Waals surface area contributed by atoms with Crippen molar-refractivity contribution in [2.24, 2.45) is 0 Å². The Morgan fingerprint density at radius 3 is 2.53 bits per heavy atom. The average molecular weight is 241 g/mol. The zero-order chi connectivity index (χ0) is 11.4. The molecule has 0 amide bonds. The number of hydrogen-bond donors (Lipinski definition) is 0. The van der Waals surface area contributed by atoms with Gasteiger partial charge in [0.05, 0.1) is 10.0 Å². The molecule has 0 aromatic heterocycles. The van der Waals surface area contributed by atoms with E-state index >= 15 is 0 Å². The number of benzene rings is 1. The van der Waals surface area contributed by atoms with Crippen LogP contribution in [-0.2, 0) is 4.79 Å². The van der Waals surface area contributed by atoms with Gasteiger partial charge in [0.15, 0.2) is 5.78 Å².